The van der Waals surface area contributed by atoms with Gasteiger partial charge in [0.2, 0.25) is 0 Å². The van der Waals surface area contributed by atoms with E-state index in [9.17, 15) is 9.90 Å². The van der Waals surface area contributed by atoms with E-state index >= 15 is 0 Å². The monoisotopic (exact) mass is 377 g/mol. The molecule has 0 spiro atoms. The Bertz CT molecular complexity index is 1020. The molecule has 1 fully saturated rings. The number of fused-ring (bicyclic) bond motifs is 1. The van der Waals surface area contributed by atoms with Crippen molar-refractivity contribution in [2.75, 3.05) is 0 Å². The van der Waals surface area contributed by atoms with Crippen molar-refractivity contribution in [2.45, 2.75) is 37.8 Å². The number of aromatic nitrogens is 2. The first-order valence-electron chi connectivity index (χ1n) is 9.53. The number of rotatable bonds is 4. The highest BCUT2D eigenvalue weighted by atomic mass is 16.5. The Morgan fingerprint density at radius 2 is 1.89 bits per heavy atom. The third-order valence-electron chi connectivity index (χ3n) is 5.31. The molecule has 28 heavy (non-hydrogen) atoms. The molecular formula is C22H23N3O3. The highest BCUT2D eigenvalue weighted by Crippen LogP contribution is 2.36. The third-order valence-corrected chi connectivity index (χ3v) is 5.31. The average molecular weight is 377 g/mol. The van der Waals surface area contributed by atoms with Crippen molar-refractivity contribution < 1.29 is 15.1 Å². The van der Waals surface area contributed by atoms with Crippen LogP contribution in [0, 0.1) is 0 Å². The molecule has 0 saturated heterocycles. The van der Waals surface area contributed by atoms with Crippen molar-refractivity contribution in [3.8, 4) is 11.4 Å². The largest absolute Gasteiger partial charge is 0.393 e. The van der Waals surface area contributed by atoms with Gasteiger partial charge in [0.15, 0.2) is 0 Å². The number of benzene rings is 2. The molecular weight excluding hydrogens is 354 g/mol. The van der Waals surface area contributed by atoms with Crippen LogP contribution in [0.4, 0.5) is 0 Å². The summed E-state index contributed by atoms with van der Waals surface area (Å²) in [6, 6.07) is 16.2. The molecule has 1 aromatic heterocycles. The van der Waals surface area contributed by atoms with Gasteiger partial charge in [-0.15, -0.1) is 0 Å². The lowest BCUT2D eigenvalue weighted by Crippen LogP contribution is -2.21. The Morgan fingerprint density at radius 3 is 2.68 bits per heavy atom. The number of amides is 1. The molecule has 0 radical (unpaired) electrons. The summed E-state index contributed by atoms with van der Waals surface area (Å²) >= 11 is 0. The molecule has 3 N–H and O–H groups in total. The van der Waals surface area contributed by atoms with Crippen LogP contribution in [0.15, 0.2) is 54.6 Å². The van der Waals surface area contributed by atoms with Crippen molar-refractivity contribution in [2.24, 2.45) is 0 Å². The molecule has 6 nitrogen and oxygen atoms in total. The molecule has 144 valence electrons. The molecule has 0 atom stereocenters. The smallest absolute Gasteiger partial charge is 0.267 e. The number of aliphatic hydroxyl groups is 1. The van der Waals surface area contributed by atoms with Crippen LogP contribution in [-0.2, 0) is 4.79 Å². The van der Waals surface area contributed by atoms with E-state index in [1.54, 1.807) is 11.6 Å². The quantitative estimate of drug-likeness (QED) is 0.368. The first-order valence-corrected chi connectivity index (χ1v) is 9.53. The van der Waals surface area contributed by atoms with Crippen LogP contribution < -0.4 is 5.48 Å². The molecule has 0 aliphatic heterocycles. The predicted molar refractivity (Wildman–Crippen MR) is 108 cm³/mol. The number of hydroxylamine groups is 1. The van der Waals surface area contributed by atoms with Crippen LogP contribution in [0.5, 0.6) is 0 Å². The van der Waals surface area contributed by atoms with Gasteiger partial charge in [-0.3, -0.25) is 10.0 Å². The Balaban J connectivity index is 1.77. The second-order valence-corrected chi connectivity index (χ2v) is 7.19. The molecule has 0 unspecified atom stereocenters. The van der Waals surface area contributed by atoms with Gasteiger partial charge >= 0.3 is 0 Å². The lowest BCUT2D eigenvalue weighted by molar-refractivity contribution is -0.124. The molecule has 1 aliphatic rings. The summed E-state index contributed by atoms with van der Waals surface area (Å²) in [5, 5.41) is 18.5. The minimum atomic E-state index is -0.571. The van der Waals surface area contributed by atoms with Gasteiger partial charge in [-0.2, -0.15) is 0 Å². The third kappa shape index (κ3) is 3.69. The van der Waals surface area contributed by atoms with Gasteiger partial charge in [0.1, 0.15) is 5.82 Å². The predicted octanol–water partition coefficient (Wildman–Crippen LogP) is 3.70. The molecule has 1 heterocycles. The number of aliphatic hydroxyl groups excluding tert-OH is 1. The van der Waals surface area contributed by atoms with Crippen LogP contribution in [0.1, 0.15) is 37.3 Å². The average Bonchev–Trinajstić information content (AvgIpc) is 3.12. The summed E-state index contributed by atoms with van der Waals surface area (Å²) in [7, 11) is 0. The van der Waals surface area contributed by atoms with E-state index in [-0.39, 0.29) is 6.10 Å². The van der Waals surface area contributed by atoms with Crippen LogP contribution in [-0.4, -0.2) is 31.9 Å². The Labute approximate surface area is 163 Å². The zero-order chi connectivity index (χ0) is 19.5. The van der Waals surface area contributed by atoms with E-state index in [1.807, 2.05) is 42.5 Å². The van der Waals surface area contributed by atoms with Crippen LogP contribution in [0.25, 0.3) is 28.5 Å². The number of para-hydroxylation sites is 2. The lowest BCUT2D eigenvalue weighted by Gasteiger charge is -2.28. The molecule has 4 rings (SSSR count). The minimum Gasteiger partial charge on any atom is -0.393 e. The van der Waals surface area contributed by atoms with Crippen molar-refractivity contribution >= 4 is 23.0 Å². The van der Waals surface area contributed by atoms with Crippen LogP contribution in [0.3, 0.4) is 0 Å². The molecule has 1 saturated carbocycles. The summed E-state index contributed by atoms with van der Waals surface area (Å²) in [5.74, 6) is 0.322. The summed E-state index contributed by atoms with van der Waals surface area (Å²) in [6.45, 7) is 0. The summed E-state index contributed by atoms with van der Waals surface area (Å²) < 4.78 is 2.30. The van der Waals surface area contributed by atoms with Gasteiger partial charge in [-0.1, -0.05) is 30.3 Å². The molecule has 0 bridgehead atoms. The van der Waals surface area contributed by atoms with E-state index in [4.69, 9.17) is 10.2 Å². The van der Waals surface area contributed by atoms with E-state index in [0.29, 0.717) is 6.04 Å². The highest BCUT2D eigenvalue weighted by Gasteiger charge is 2.25. The van der Waals surface area contributed by atoms with Gasteiger partial charge in [0, 0.05) is 17.7 Å². The van der Waals surface area contributed by atoms with Crippen molar-refractivity contribution in [1.82, 2.24) is 15.0 Å². The summed E-state index contributed by atoms with van der Waals surface area (Å²) in [4.78, 5) is 16.1. The molecule has 3 aromatic rings. The number of nitrogens with one attached hydrogen (secondary N) is 1. The number of hydrogen-bond donors (Lipinski definition) is 3. The topological polar surface area (TPSA) is 87.4 Å². The summed E-state index contributed by atoms with van der Waals surface area (Å²) in [5.41, 5.74) is 5.45. The zero-order valence-electron chi connectivity index (χ0n) is 15.5. The van der Waals surface area contributed by atoms with E-state index in [1.165, 1.54) is 6.08 Å². The van der Waals surface area contributed by atoms with E-state index < -0.39 is 5.91 Å². The number of carbonyl (C=O) groups is 1. The Hall–Kier alpha value is -2.96. The second-order valence-electron chi connectivity index (χ2n) is 7.19. The first kappa shape index (κ1) is 18.4. The fourth-order valence-electron chi connectivity index (χ4n) is 3.92. The van der Waals surface area contributed by atoms with Crippen molar-refractivity contribution in [3.05, 3.63) is 60.2 Å². The first-order chi connectivity index (χ1) is 13.7. The van der Waals surface area contributed by atoms with Gasteiger partial charge in [-0.05, 0) is 55.5 Å². The number of nitrogens with zero attached hydrogens (tertiary/aromatic N) is 2. The van der Waals surface area contributed by atoms with E-state index in [2.05, 4.69) is 10.6 Å². The standard InChI is InChI=1S/C22H23N3O3/c26-18-11-9-17(10-12-18)25-20-7-2-1-6-19(20)23-22(25)16-5-3-4-15(14-16)8-13-21(27)24-28/h1-8,13-14,17-18,26,28H,9-12H2,(H,24,27)/b13-8+/t17-,18-. The Morgan fingerprint density at radius 1 is 1.11 bits per heavy atom. The van der Waals surface area contributed by atoms with Crippen LogP contribution in [0.2, 0.25) is 0 Å². The van der Waals surface area contributed by atoms with Gasteiger partial charge < -0.3 is 9.67 Å². The number of carbonyl (C=O) groups excluding carboxylic acids is 1. The molecule has 6 heteroatoms. The fraction of sp³-hybridized carbons (Fsp3) is 0.273. The highest BCUT2D eigenvalue weighted by molar-refractivity contribution is 5.91. The van der Waals surface area contributed by atoms with Gasteiger partial charge in [0.05, 0.1) is 17.1 Å². The van der Waals surface area contributed by atoms with Crippen molar-refractivity contribution in [3.63, 3.8) is 0 Å². The van der Waals surface area contributed by atoms with E-state index in [0.717, 1.165) is 53.7 Å². The van der Waals surface area contributed by atoms with Crippen LogP contribution >= 0.6 is 0 Å². The maximum atomic E-state index is 11.3. The SMILES string of the molecule is O=C(/C=C/c1cccc(-c2nc3ccccc3n2[C@H]2CC[C@H](O)CC2)c1)NO. The second kappa shape index (κ2) is 7.96. The number of hydrogen-bond acceptors (Lipinski definition) is 4. The molecule has 2 aromatic carbocycles. The molecule has 1 aliphatic carbocycles. The minimum absolute atomic E-state index is 0.208. The fourth-order valence-corrected chi connectivity index (χ4v) is 3.92. The Kier molecular flexibility index (Phi) is 5.23. The zero-order valence-corrected chi connectivity index (χ0v) is 15.5. The maximum absolute atomic E-state index is 11.3. The maximum Gasteiger partial charge on any atom is 0.267 e. The molecule has 1 amide bonds. The summed E-state index contributed by atoms with van der Waals surface area (Å²) in [6.07, 6.45) is 6.17. The van der Waals surface area contributed by atoms with Crippen molar-refractivity contribution in [1.29, 1.82) is 0 Å². The van der Waals surface area contributed by atoms with Gasteiger partial charge in [0.25, 0.3) is 5.91 Å². The number of imidazole rings is 1. The lowest BCUT2D eigenvalue weighted by atomic mass is 9.92. The van der Waals surface area contributed by atoms with Gasteiger partial charge in [-0.25, -0.2) is 10.5 Å². The normalized spacial score (nSPS) is 19.9.